The Bertz CT molecular complexity index is 768. The zero-order chi connectivity index (χ0) is 19.0. The van der Waals surface area contributed by atoms with Crippen molar-refractivity contribution in [2.75, 3.05) is 13.1 Å². The molecule has 0 spiro atoms. The highest BCUT2D eigenvalue weighted by molar-refractivity contribution is 7.89. The predicted octanol–water partition coefficient (Wildman–Crippen LogP) is 2.89. The fraction of sp³-hybridized carbons (Fsp3) is 0.562. The van der Waals surface area contributed by atoms with Gasteiger partial charge in [-0.05, 0) is 63.4 Å². The number of primary sulfonamides is 1. The number of hydrogen-bond acceptors (Lipinski definition) is 4. The lowest BCUT2D eigenvalue weighted by Gasteiger charge is -2.35. The predicted molar refractivity (Wildman–Crippen MR) is 94.7 cm³/mol. The number of thiocarbonyl (C=S) groups is 1. The van der Waals surface area contributed by atoms with Gasteiger partial charge in [-0.2, -0.15) is 0 Å². The highest BCUT2D eigenvalue weighted by atomic mass is 32.2. The molecule has 0 amide bonds. The Kier molecular flexibility index (Phi) is 5.70. The number of halogens is 2. The van der Waals surface area contributed by atoms with Gasteiger partial charge in [-0.15, -0.1) is 0 Å². The largest absolute Gasteiger partial charge is 0.465 e. The fourth-order valence-corrected chi connectivity index (χ4v) is 3.81. The Labute approximate surface area is 152 Å². The number of nitrogens with zero attached hydrogens (tertiary/aromatic N) is 1. The second-order valence-corrected chi connectivity index (χ2v) is 8.95. The standard InChI is InChI=1S/C16H22F2N2O3S2/c1-16(2,3)23-15(24)20-8-6-10(7-9-20)11-4-5-12(25(19,21)22)14(18)13(11)17/h4-5,10H,6-9H2,1-3H3,(H2,19,21,22). The monoisotopic (exact) mass is 392 g/mol. The van der Waals surface area contributed by atoms with Crippen LogP contribution in [-0.2, 0) is 14.8 Å². The molecule has 5 nitrogen and oxygen atoms in total. The summed E-state index contributed by atoms with van der Waals surface area (Å²) < 4.78 is 56.5. The van der Waals surface area contributed by atoms with Crippen molar-refractivity contribution >= 4 is 27.4 Å². The molecule has 0 bridgehead atoms. The molecule has 0 saturated carbocycles. The first-order valence-corrected chi connectivity index (χ1v) is 9.84. The van der Waals surface area contributed by atoms with Crippen molar-refractivity contribution in [2.45, 2.75) is 50.0 Å². The third-order valence-electron chi connectivity index (χ3n) is 3.97. The van der Waals surface area contributed by atoms with E-state index >= 15 is 0 Å². The second-order valence-electron chi connectivity index (χ2n) is 7.07. The van der Waals surface area contributed by atoms with Crippen LogP contribution in [0, 0.1) is 11.6 Å². The van der Waals surface area contributed by atoms with Gasteiger partial charge in [0.2, 0.25) is 10.0 Å². The Morgan fingerprint density at radius 2 is 1.80 bits per heavy atom. The van der Waals surface area contributed by atoms with Gasteiger partial charge in [0.25, 0.3) is 5.17 Å². The number of hydrogen-bond donors (Lipinski definition) is 1. The highest BCUT2D eigenvalue weighted by Gasteiger charge is 2.29. The van der Waals surface area contributed by atoms with E-state index in [1.165, 1.54) is 6.07 Å². The summed E-state index contributed by atoms with van der Waals surface area (Å²) in [6.07, 6.45) is 1.11. The van der Waals surface area contributed by atoms with Crippen LogP contribution in [0.15, 0.2) is 17.0 Å². The minimum Gasteiger partial charge on any atom is -0.465 e. The number of benzene rings is 1. The van der Waals surface area contributed by atoms with E-state index in [-0.39, 0.29) is 11.5 Å². The van der Waals surface area contributed by atoms with E-state index in [2.05, 4.69) is 0 Å². The maximum atomic E-state index is 14.3. The van der Waals surface area contributed by atoms with Crippen molar-refractivity contribution in [3.8, 4) is 0 Å². The number of piperidine rings is 1. The average Bonchev–Trinajstić information content (AvgIpc) is 2.47. The number of nitrogens with two attached hydrogens (primary N) is 1. The van der Waals surface area contributed by atoms with Crippen molar-refractivity contribution in [3.05, 3.63) is 29.3 Å². The molecule has 1 aromatic carbocycles. The molecule has 0 aromatic heterocycles. The lowest BCUT2D eigenvalue weighted by Crippen LogP contribution is -2.41. The van der Waals surface area contributed by atoms with Crippen molar-refractivity contribution in [1.29, 1.82) is 0 Å². The smallest absolute Gasteiger partial charge is 0.259 e. The van der Waals surface area contributed by atoms with Crippen LogP contribution >= 0.6 is 12.2 Å². The molecule has 0 unspecified atom stereocenters. The number of rotatable bonds is 2. The Hall–Kier alpha value is -1.32. The third kappa shape index (κ3) is 4.86. The van der Waals surface area contributed by atoms with Crippen molar-refractivity contribution in [3.63, 3.8) is 0 Å². The molecule has 1 heterocycles. The minimum atomic E-state index is -4.30. The summed E-state index contributed by atoms with van der Waals surface area (Å²) in [5, 5.41) is 5.28. The number of sulfonamides is 1. The fourth-order valence-electron chi connectivity index (χ4n) is 2.78. The molecule has 1 aromatic rings. The van der Waals surface area contributed by atoms with Gasteiger partial charge in [0, 0.05) is 13.1 Å². The molecule has 140 valence electrons. The van der Waals surface area contributed by atoms with E-state index in [4.69, 9.17) is 22.1 Å². The van der Waals surface area contributed by atoms with Gasteiger partial charge in [-0.1, -0.05) is 6.07 Å². The molecule has 0 aliphatic carbocycles. The summed E-state index contributed by atoms with van der Waals surface area (Å²) in [6, 6.07) is 2.31. The molecule has 2 rings (SSSR count). The normalized spacial score (nSPS) is 16.8. The van der Waals surface area contributed by atoms with Gasteiger partial charge >= 0.3 is 0 Å². The molecular weight excluding hydrogens is 370 g/mol. The number of likely N-dealkylation sites (tertiary alicyclic amines) is 1. The lowest BCUT2D eigenvalue weighted by molar-refractivity contribution is 0.0886. The molecule has 1 aliphatic rings. The molecule has 1 saturated heterocycles. The van der Waals surface area contributed by atoms with Gasteiger partial charge in [0.05, 0.1) is 0 Å². The first-order valence-electron chi connectivity index (χ1n) is 7.89. The summed E-state index contributed by atoms with van der Waals surface area (Å²) >= 11 is 5.27. The van der Waals surface area contributed by atoms with Crippen LogP contribution in [0.2, 0.25) is 0 Å². The van der Waals surface area contributed by atoms with Gasteiger partial charge in [-0.25, -0.2) is 22.3 Å². The maximum Gasteiger partial charge on any atom is 0.259 e. The molecule has 0 radical (unpaired) electrons. The molecular formula is C16H22F2N2O3S2. The van der Waals surface area contributed by atoms with Crippen molar-refractivity contribution in [2.24, 2.45) is 5.14 Å². The van der Waals surface area contributed by atoms with Crippen LogP contribution < -0.4 is 5.14 Å². The first-order chi connectivity index (χ1) is 11.4. The van der Waals surface area contributed by atoms with Crippen LogP contribution in [0.25, 0.3) is 0 Å². The van der Waals surface area contributed by atoms with Gasteiger partial charge in [0.1, 0.15) is 10.5 Å². The summed E-state index contributed by atoms with van der Waals surface area (Å²) in [5.41, 5.74) is -0.237. The van der Waals surface area contributed by atoms with Gasteiger partial charge in [0.15, 0.2) is 11.6 Å². The molecule has 25 heavy (non-hydrogen) atoms. The first kappa shape index (κ1) is 20.0. The van der Waals surface area contributed by atoms with Crippen molar-refractivity contribution in [1.82, 2.24) is 4.90 Å². The van der Waals surface area contributed by atoms with Gasteiger partial charge < -0.3 is 9.64 Å². The Balaban J connectivity index is 2.11. The van der Waals surface area contributed by atoms with Crippen molar-refractivity contribution < 1.29 is 21.9 Å². The molecule has 1 fully saturated rings. The minimum absolute atomic E-state index is 0.159. The van der Waals surface area contributed by atoms with E-state index in [0.29, 0.717) is 31.1 Å². The Morgan fingerprint density at radius 1 is 1.24 bits per heavy atom. The van der Waals surface area contributed by atoms with Crippen LogP contribution in [0.5, 0.6) is 0 Å². The molecule has 0 atom stereocenters. The number of ether oxygens (including phenoxy) is 1. The maximum absolute atomic E-state index is 14.3. The molecule has 1 aliphatic heterocycles. The van der Waals surface area contributed by atoms with E-state index in [1.807, 2.05) is 25.7 Å². The zero-order valence-electron chi connectivity index (χ0n) is 14.4. The quantitative estimate of drug-likeness (QED) is 0.784. The van der Waals surface area contributed by atoms with E-state index in [0.717, 1.165) is 6.07 Å². The van der Waals surface area contributed by atoms with E-state index in [9.17, 15) is 17.2 Å². The summed E-state index contributed by atoms with van der Waals surface area (Å²) in [6.45, 7) is 6.81. The third-order valence-corrected chi connectivity index (χ3v) is 5.24. The highest BCUT2D eigenvalue weighted by Crippen LogP contribution is 2.32. The second kappa shape index (κ2) is 7.13. The summed E-state index contributed by atoms with van der Waals surface area (Å²) in [7, 11) is -4.30. The average molecular weight is 392 g/mol. The topological polar surface area (TPSA) is 72.6 Å². The van der Waals surface area contributed by atoms with E-state index < -0.39 is 32.2 Å². The summed E-state index contributed by atoms with van der Waals surface area (Å²) in [5.74, 6) is -2.80. The SMILES string of the molecule is CC(C)(C)OC(=S)N1CCC(c2ccc(S(N)(=O)=O)c(F)c2F)CC1. The lowest BCUT2D eigenvalue weighted by atomic mass is 9.89. The van der Waals surface area contributed by atoms with Crippen LogP contribution in [-0.4, -0.2) is 37.2 Å². The molecule has 9 heteroatoms. The Morgan fingerprint density at radius 3 is 2.28 bits per heavy atom. The van der Waals surface area contributed by atoms with Crippen LogP contribution in [0.1, 0.15) is 45.1 Å². The van der Waals surface area contributed by atoms with Gasteiger partial charge in [-0.3, -0.25) is 0 Å². The summed E-state index contributed by atoms with van der Waals surface area (Å²) in [4.78, 5) is 1.07. The molecule has 2 N–H and O–H groups in total. The zero-order valence-corrected chi connectivity index (χ0v) is 16.0. The van der Waals surface area contributed by atoms with E-state index in [1.54, 1.807) is 0 Å². The van der Waals surface area contributed by atoms with Crippen LogP contribution in [0.4, 0.5) is 8.78 Å². The van der Waals surface area contributed by atoms with Crippen LogP contribution in [0.3, 0.4) is 0 Å².